The number of hydrogen-bond acceptors (Lipinski definition) is 10. The number of carbonyl (C=O) groups excluding carboxylic acids is 5. The molecule has 2 saturated heterocycles. The number of carbonyl (C=O) groups is 5. The van der Waals surface area contributed by atoms with Gasteiger partial charge in [0, 0.05) is 32.6 Å². The van der Waals surface area contributed by atoms with Gasteiger partial charge >= 0.3 is 7.12 Å². The molecule has 0 aliphatic carbocycles. The first kappa shape index (κ1) is 45.4. The Labute approximate surface area is 337 Å². The van der Waals surface area contributed by atoms with E-state index in [2.05, 4.69) is 16.0 Å². The van der Waals surface area contributed by atoms with Crippen LogP contribution in [0.4, 0.5) is 0 Å². The fraction of sp³-hybridized carbons (Fsp3) is 0.585. The van der Waals surface area contributed by atoms with E-state index >= 15 is 0 Å². The lowest BCUT2D eigenvalue weighted by Gasteiger charge is -2.43. The van der Waals surface area contributed by atoms with Gasteiger partial charge in [-0.1, -0.05) is 74.5 Å². The van der Waals surface area contributed by atoms with E-state index in [0.29, 0.717) is 51.7 Å². The molecule has 0 radical (unpaired) electrons. The number of unbranched alkanes of at least 4 members (excludes halogenated alkanes) is 1. The Morgan fingerprint density at radius 1 is 0.754 bits per heavy atom. The average molecular weight is 791 g/mol. The van der Waals surface area contributed by atoms with Gasteiger partial charge in [-0.25, -0.2) is 0 Å². The van der Waals surface area contributed by atoms with Gasteiger partial charge in [-0.15, -0.1) is 0 Å². The summed E-state index contributed by atoms with van der Waals surface area (Å²) in [5, 5.41) is 27.7. The molecule has 0 bridgehead atoms. The van der Waals surface area contributed by atoms with Gasteiger partial charge in [0.15, 0.2) is 0 Å². The van der Waals surface area contributed by atoms with Crippen LogP contribution in [-0.2, 0) is 36.8 Å². The number of amides is 5. The van der Waals surface area contributed by atoms with E-state index < -0.39 is 54.5 Å². The van der Waals surface area contributed by atoms with Crippen LogP contribution in [0.25, 0.3) is 0 Å². The standard InChI is InChI=1S/C41H63BN8O7/c1-28(2)25-34(48-38(53)35(27-30-13-7-4-8-14-30)47-36(51)32(44)26-29-11-5-3-6-12-29)37(52)46-33(15-9-10-20-43)39(54)49-23-18-41(45,19-24-49)40(55)50-21-16-31(17-22-50)42(56)57/h3-8,11-14,28,31-35,56-57H,9-10,15-27,43-45H2,1-2H3,(H,46,52)(H,47,51)(H,48,53)/t32-,33-,34-,35-/m1/s1. The van der Waals surface area contributed by atoms with Crippen LogP contribution in [-0.4, -0.2) is 119 Å². The molecule has 11 N–H and O–H groups in total. The van der Waals surface area contributed by atoms with Gasteiger partial charge in [0.05, 0.1) is 11.6 Å². The molecule has 312 valence electrons. The second-order valence-electron chi connectivity index (χ2n) is 16.1. The van der Waals surface area contributed by atoms with Crippen molar-refractivity contribution in [3.63, 3.8) is 0 Å². The number of nitrogens with one attached hydrogen (secondary N) is 3. The zero-order chi connectivity index (χ0) is 41.5. The molecule has 2 aromatic rings. The van der Waals surface area contributed by atoms with Crippen molar-refractivity contribution >= 4 is 36.7 Å². The van der Waals surface area contributed by atoms with Crippen molar-refractivity contribution in [3.8, 4) is 0 Å². The van der Waals surface area contributed by atoms with Crippen LogP contribution in [0.2, 0.25) is 5.82 Å². The van der Waals surface area contributed by atoms with Crippen molar-refractivity contribution in [2.75, 3.05) is 32.7 Å². The Morgan fingerprint density at radius 2 is 1.28 bits per heavy atom. The van der Waals surface area contributed by atoms with E-state index in [1.807, 2.05) is 74.5 Å². The van der Waals surface area contributed by atoms with Crippen molar-refractivity contribution in [2.45, 2.75) is 114 Å². The van der Waals surface area contributed by atoms with Crippen LogP contribution in [0.3, 0.4) is 0 Å². The van der Waals surface area contributed by atoms with Gasteiger partial charge in [0.2, 0.25) is 29.5 Å². The molecule has 16 heteroatoms. The van der Waals surface area contributed by atoms with E-state index in [9.17, 15) is 34.0 Å². The number of rotatable bonds is 19. The second kappa shape index (κ2) is 22.0. The fourth-order valence-corrected chi connectivity index (χ4v) is 7.57. The second-order valence-corrected chi connectivity index (χ2v) is 16.1. The minimum Gasteiger partial charge on any atom is -0.427 e. The number of benzene rings is 2. The zero-order valence-corrected chi connectivity index (χ0v) is 33.5. The molecule has 0 saturated carbocycles. The van der Waals surface area contributed by atoms with Crippen LogP contribution in [0.5, 0.6) is 0 Å². The van der Waals surface area contributed by atoms with Crippen molar-refractivity contribution in [1.29, 1.82) is 0 Å². The molecule has 2 heterocycles. The van der Waals surface area contributed by atoms with Crippen LogP contribution in [0.15, 0.2) is 60.7 Å². The molecule has 5 amide bonds. The largest absolute Gasteiger partial charge is 0.454 e. The van der Waals surface area contributed by atoms with Gasteiger partial charge in [0.25, 0.3) is 0 Å². The Balaban J connectivity index is 1.44. The molecular weight excluding hydrogens is 727 g/mol. The third kappa shape index (κ3) is 13.6. The quantitative estimate of drug-likeness (QED) is 0.0711. The molecule has 2 aliphatic heterocycles. The third-order valence-corrected chi connectivity index (χ3v) is 11.1. The lowest BCUT2D eigenvalue weighted by atomic mass is 9.67. The first-order chi connectivity index (χ1) is 27.2. The van der Waals surface area contributed by atoms with Crippen LogP contribution in [0.1, 0.15) is 76.3 Å². The fourth-order valence-electron chi connectivity index (χ4n) is 7.57. The summed E-state index contributed by atoms with van der Waals surface area (Å²) in [5.41, 5.74) is 19.2. The molecule has 57 heavy (non-hydrogen) atoms. The summed E-state index contributed by atoms with van der Waals surface area (Å²) < 4.78 is 0. The molecule has 0 aromatic heterocycles. The summed E-state index contributed by atoms with van der Waals surface area (Å²) in [5.74, 6) is -2.38. The van der Waals surface area contributed by atoms with Gasteiger partial charge in [-0.2, -0.15) is 0 Å². The van der Waals surface area contributed by atoms with E-state index in [4.69, 9.17) is 17.2 Å². The van der Waals surface area contributed by atoms with E-state index in [-0.39, 0.29) is 68.7 Å². The zero-order valence-electron chi connectivity index (χ0n) is 33.5. The first-order valence-corrected chi connectivity index (χ1v) is 20.4. The molecular formula is C41H63BN8O7. The molecule has 0 unspecified atom stereocenters. The Bertz CT molecular complexity index is 1600. The van der Waals surface area contributed by atoms with Crippen molar-refractivity contribution in [1.82, 2.24) is 25.8 Å². The molecule has 2 aromatic carbocycles. The van der Waals surface area contributed by atoms with E-state index in [1.165, 1.54) is 0 Å². The minimum atomic E-state index is -1.42. The SMILES string of the molecule is CC(C)C[C@@H](NC(=O)[C@@H](Cc1ccccc1)NC(=O)[C@H](N)Cc1ccccc1)C(=O)N[C@H](CCCCN)C(=O)N1CCC(N)(C(=O)N2CCC(B(O)O)CC2)CC1. The Kier molecular flexibility index (Phi) is 17.5. The highest BCUT2D eigenvalue weighted by molar-refractivity contribution is 6.43. The van der Waals surface area contributed by atoms with Crippen LogP contribution in [0, 0.1) is 5.92 Å². The summed E-state index contributed by atoms with van der Waals surface area (Å²) >= 11 is 0. The molecule has 2 aliphatic rings. The summed E-state index contributed by atoms with van der Waals surface area (Å²) in [6.45, 7) is 5.47. The minimum absolute atomic E-state index is 0.00861. The van der Waals surface area contributed by atoms with Crippen LogP contribution < -0.4 is 33.2 Å². The molecule has 4 atom stereocenters. The monoisotopic (exact) mass is 790 g/mol. The van der Waals surface area contributed by atoms with Crippen molar-refractivity contribution in [2.24, 2.45) is 23.1 Å². The van der Waals surface area contributed by atoms with Gasteiger partial charge in [-0.05, 0) is 87.2 Å². The lowest BCUT2D eigenvalue weighted by molar-refractivity contribution is -0.144. The predicted octanol–water partition coefficient (Wildman–Crippen LogP) is 0.214. The highest BCUT2D eigenvalue weighted by atomic mass is 16.4. The Morgan fingerprint density at radius 3 is 1.82 bits per heavy atom. The van der Waals surface area contributed by atoms with E-state index in [0.717, 1.165) is 11.1 Å². The highest BCUT2D eigenvalue weighted by Crippen LogP contribution is 2.29. The maximum Gasteiger partial charge on any atom is 0.454 e. The van der Waals surface area contributed by atoms with Gasteiger partial charge in [0.1, 0.15) is 18.1 Å². The van der Waals surface area contributed by atoms with E-state index in [1.54, 1.807) is 9.80 Å². The maximum absolute atomic E-state index is 14.1. The number of hydrogen-bond donors (Lipinski definition) is 8. The Hall–Kier alpha value is -4.35. The molecule has 2 fully saturated rings. The number of nitrogens with zero attached hydrogens (tertiary/aromatic N) is 2. The first-order valence-electron chi connectivity index (χ1n) is 20.4. The summed E-state index contributed by atoms with van der Waals surface area (Å²) in [7, 11) is -1.42. The predicted molar refractivity (Wildman–Crippen MR) is 219 cm³/mol. The molecule has 15 nitrogen and oxygen atoms in total. The van der Waals surface area contributed by atoms with Crippen molar-refractivity contribution < 1.29 is 34.0 Å². The third-order valence-electron chi connectivity index (χ3n) is 11.1. The normalized spacial score (nSPS) is 17.9. The number of likely N-dealkylation sites (tertiary alicyclic amines) is 2. The summed E-state index contributed by atoms with van der Waals surface area (Å²) in [4.78, 5) is 72.3. The number of nitrogens with two attached hydrogens (primary N) is 3. The molecule has 4 rings (SSSR count). The van der Waals surface area contributed by atoms with Crippen molar-refractivity contribution in [3.05, 3.63) is 71.8 Å². The topological polar surface area (TPSA) is 246 Å². The summed E-state index contributed by atoms with van der Waals surface area (Å²) in [6.07, 6.45) is 3.67. The highest BCUT2D eigenvalue weighted by Gasteiger charge is 2.43. The van der Waals surface area contributed by atoms with Gasteiger partial charge in [-0.3, -0.25) is 24.0 Å². The lowest BCUT2D eigenvalue weighted by Crippen LogP contribution is -2.63. The average Bonchev–Trinajstić information content (AvgIpc) is 3.20. The van der Waals surface area contributed by atoms with Crippen LogP contribution >= 0.6 is 0 Å². The summed E-state index contributed by atoms with van der Waals surface area (Å²) in [6, 6.07) is 14.7. The maximum atomic E-state index is 14.1. The smallest absolute Gasteiger partial charge is 0.427 e. The van der Waals surface area contributed by atoms with Gasteiger partial charge < -0.3 is 53.0 Å². The molecule has 0 spiro atoms. The number of piperidine rings is 2.